The maximum Gasteiger partial charge on any atom is 0.354 e. The molecule has 1 aliphatic rings. The molecule has 9 nitrogen and oxygen atoms in total. The fraction of sp³-hybridized carbons (Fsp3) is 0.360. The number of hydrogen-bond acceptors (Lipinski definition) is 6. The lowest BCUT2D eigenvalue weighted by atomic mass is 9.94. The predicted molar refractivity (Wildman–Crippen MR) is 133 cm³/mol. The van der Waals surface area contributed by atoms with E-state index < -0.39 is 28.6 Å². The van der Waals surface area contributed by atoms with Crippen LogP contribution in [0.1, 0.15) is 38.7 Å². The first-order chi connectivity index (χ1) is 17.0. The van der Waals surface area contributed by atoms with E-state index in [1.807, 2.05) is 0 Å². The smallest absolute Gasteiger partial charge is 0.354 e. The lowest BCUT2D eigenvalue weighted by molar-refractivity contribution is -0.147. The number of nitrogens with one attached hydrogen (secondary N) is 1. The van der Waals surface area contributed by atoms with Crippen molar-refractivity contribution >= 4 is 29.2 Å². The Morgan fingerprint density at radius 1 is 1.19 bits per heavy atom. The Hall–Kier alpha value is -3.66. The van der Waals surface area contributed by atoms with Crippen LogP contribution in [0, 0.1) is 11.2 Å². The van der Waals surface area contributed by atoms with Gasteiger partial charge in [-0.05, 0) is 62.9 Å². The standard InChI is InChI=1S/C25H26ClFN4O5/c1-25(2,21(32)33)14-31-23(34)29-22(30(24(31)35)13-15-6-8-16(26)9-7-15)28-17-10-11-20(19(27)12-17)36-18-4-3-5-18/h6-12,18H,3-5,13-14H2,1-2H3,(H,32,33)(H,28,29,34). The van der Waals surface area contributed by atoms with Crippen molar-refractivity contribution in [1.29, 1.82) is 0 Å². The van der Waals surface area contributed by atoms with E-state index in [0.29, 0.717) is 10.6 Å². The van der Waals surface area contributed by atoms with Crippen LogP contribution in [0.3, 0.4) is 0 Å². The number of aliphatic carboxylic acids is 1. The molecule has 0 aliphatic heterocycles. The summed E-state index contributed by atoms with van der Waals surface area (Å²) in [7, 11) is 0. The molecule has 2 N–H and O–H groups in total. The molecule has 4 rings (SSSR count). The second-order valence-corrected chi connectivity index (χ2v) is 9.87. The summed E-state index contributed by atoms with van der Waals surface area (Å²) in [4.78, 5) is 41.8. The van der Waals surface area contributed by atoms with Crippen molar-refractivity contribution in [2.24, 2.45) is 5.41 Å². The fourth-order valence-corrected chi connectivity index (χ4v) is 3.74. The second-order valence-electron chi connectivity index (χ2n) is 9.43. The number of rotatable bonds is 9. The molecule has 3 aromatic rings. The quantitative estimate of drug-likeness (QED) is 0.441. The molecule has 11 heteroatoms. The van der Waals surface area contributed by atoms with Crippen molar-refractivity contribution in [2.75, 3.05) is 5.32 Å². The summed E-state index contributed by atoms with van der Waals surface area (Å²) in [5.74, 6) is -1.74. The van der Waals surface area contributed by atoms with Crippen LogP contribution in [0.2, 0.25) is 5.02 Å². The Balaban J connectivity index is 1.72. The number of carbonyl (C=O) groups is 1. The predicted octanol–water partition coefficient (Wildman–Crippen LogP) is 4.03. The van der Waals surface area contributed by atoms with E-state index in [-0.39, 0.29) is 36.6 Å². The van der Waals surface area contributed by atoms with E-state index >= 15 is 0 Å². The fourth-order valence-electron chi connectivity index (χ4n) is 3.61. The van der Waals surface area contributed by atoms with Gasteiger partial charge < -0.3 is 15.2 Å². The molecule has 0 radical (unpaired) electrons. The molecule has 2 aromatic carbocycles. The molecule has 190 valence electrons. The summed E-state index contributed by atoms with van der Waals surface area (Å²) in [6.45, 7) is 2.44. The average molecular weight is 517 g/mol. The number of benzene rings is 2. The third-order valence-electron chi connectivity index (χ3n) is 6.07. The molecule has 36 heavy (non-hydrogen) atoms. The van der Waals surface area contributed by atoms with Crippen molar-refractivity contribution in [3.63, 3.8) is 0 Å². The van der Waals surface area contributed by atoms with Crippen molar-refractivity contribution in [3.05, 3.63) is 79.8 Å². The van der Waals surface area contributed by atoms with Crippen LogP contribution in [-0.4, -0.2) is 31.3 Å². The lowest BCUT2D eigenvalue weighted by Gasteiger charge is -2.26. The van der Waals surface area contributed by atoms with Crippen LogP contribution >= 0.6 is 11.6 Å². The van der Waals surface area contributed by atoms with E-state index in [1.165, 1.54) is 30.5 Å². The van der Waals surface area contributed by atoms with Gasteiger partial charge in [-0.3, -0.25) is 9.36 Å². The highest BCUT2D eigenvalue weighted by molar-refractivity contribution is 6.30. The van der Waals surface area contributed by atoms with Crippen LogP contribution in [0.25, 0.3) is 0 Å². The zero-order chi connectivity index (χ0) is 26.0. The Kier molecular flexibility index (Phi) is 7.16. The van der Waals surface area contributed by atoms with Gasteiger partial charge >= 0.3 is 17.3 Å². The van der Waals surface area contributed by atoms with E-state index in [4.69, 9.17) is 16.3 Å². The van der Waals surface area contributed by atoms with E-state index in [1.54, 1.807) is 30.3 Å². The molecule has 0 unspecified atom stereocenters. The maximum atomic E-state index is 14.7. The molecule has 0 spiro atoms. The van der Waals surface area contributed by atoms with E-state index in [9.17, 15) is 23.9 Å². The van der Waals surface area contributed by atoms with Crippen molar-refractivity contribution < 1.29 is 19.0 Å². The number of nitrogens with zero attached hydrogens (tertiary/aromatic N) is 3. The summed E-state index contributed by atoms with van der Waals surface area (Å²) in [5.41, 5.74) is -2.13. The molecule has 1 heterocycles. The minimum absolute atomic E-state index is 0.00444. The van der Waals surface area contributed by atoms with E-state index in [2.05, 4.69) is 10.3 Å². The summed E-state index contributed by atoms with van der Waals surface area (Å²) >= 11 is 5.96. The Labute approximate surface area is 211 Å². The van der Waals surface area contributed by atoms with Gasteiger partial charge in [0.15, 0.2) is 11.6 Å². The molecule has 0 bridgehead atoms. The number of halogens is 2. The summed E-state index contributed by atoms with van der Waals surface area (Å²) < 4.78 is 22.3. The van der Waals surface area contributed by atoms with Gasteiger partial charge in [0.2, 0.25) is 5.95 Å². The summed E-state index contributed by atoms with van der Waals surface area (Å²) in [6.07, 6.45) is 2.83. The molecule has 1 saturated carbocycles. The highest BCUT2D eigenvalue weighted by Gasteiger charge is 2.30. The molecular weight excluding hydrogens is 491 g/mol. The molecule has 1 fully saturated rings. The minimum atomic E-state index is -1.39. The zero-order valence-electron chi connectivity index (χ0n) is 19.8. The monoisotopic (exact) mass is 516 g/mol. The van der Waals surface area contributed by atoms with Crippen LogP contribution in [-0.2, 0) is 17.9 Å². The number of carboxylic acid groups (broad SMARTS) is 1. The number of carboxylic acids is 1. The van der Waals surface area contributed by atoms with Crippen molar-refractivity contribution in [3.8, 4) is 5.75 Å². The molecular formula is C25H26ClFN4O5. The van der Waals surface area contributed by atoms with Gasteiger partial charge in [-0.25, -0.2) is 18.5 Å². The van der Waals surface area contributed by atoms with Gasteiger partial charge in [-0.15, -0.1) is 0 Å². The minimum Gasteiger partial charge on any atom is -0.487 e. The van der Waals surface area contributed by atoms with Crippen molar-refractivity contribution in [2.45, 2.75) is 52.3 Å². The molecule has 0 saturated heterocycles. The zero-order valence-corrected chi connectivity index (χ0v) is 20.6. The molecule has 0 atom stereocenters. The van der Waals surface area contributed by atoms with Crippen molar-refractivity contribution in [1.82, 2.24) is 14.1 Å². The molecule has 1 aliphatic carbocycles. The second kappa shape index (κ2) is 10.1. The first kappa shape index (κ1) is 25.4. The van der Waals surface area contributed by atoms with Gasteiger partial charge in [-0.1, -0.05) is 23.7 Å². The van der Waals surface area contributed by atoms with Gasteiger partial charge in [0.25, 0.3) is 0 Å². The summed E-state index contributed by atoms with van der Waals surface area (Å²) in [5, 5.41) is 12.8. The largest absolute Gasteiger partial charge is 0.487 e. The Morgan fingerprint density at radius 3 is 2.47 bits per heavy atom. The Morgan fingerprint density at radius 2 is 1.89 bits per heavy atom. The third kappa shape index (κ3) is 5.59. The lowest BCUT2D eigenvalue weighted by Crippen LogP contribution is -2.46. The summed E-state index contributed by atoms with van der Waals surface area (Å²) in [6, 6.07) is 11.0. The van der Waals surface area contributed by atoms with Crippen LogP contribution in [0.5, 0.6) is 5.75 Å². The topological polar surface area (TPSA) is 115 Å². The van der Waals surface area contributed by atoms with Gasteiger partial charge in [0.1, 0.15) is 0 Å². The SMILES string of the molecule is CC(C)(Cn1c(=O)nc(Nc2ccc(OC3CCC3)c(F)c2)n(Cc2ccc(Cl)cc2)c1=O)C(=O)O. The Bertz CT molecular complexity index is 1400. The number of aromatic nitrogens is 3. The average Bonchev–Trinajstić information content (AvgIpc) is 2.78. The number of anilines is 2. The van der Waals surface area contributed by atoms with E-state index in [0.717, 1.165) is 23.8 Å². The number of ether oxygens (including phenoxy) is 1. The van der Waals surface area contributed by atoms with Crippen LogP contribution in [0.15, 0.2) is 52.1 Å². The third-order valence-corrected chi connectivity index (χ3v) is 6.32. The van der Waals surface area contributed by atoms with Crippen LogP contribution < -0.4 is 21.4 Å². The molecule has 1 aromatic heterocycles. The highest BCUT2D eigenvalue weighted by atomic mass is 35.5. The van der Waals surface area contributed by atoms with Gasteiger partial charge in [0, 0.05) is 23.3 Å². The molecule has 0 amide bonds. The first-order valence-corrected chi connectivity index (χ1v) is 11.8. The first-order valence-electron chi connectivity index (χ1n) is 11.5. The van der Waals surface area contributed by atoms with Gasteiger partial charge in [-0.2, -0.15) is 4.98 Å². The normalized spacial score (nSPS) is 13.8. The highest BCUT2D eigenvalue weighted by Crippen LogP contribution is 2.29. The maximum absolute atomic E-state index is 14.7. The van der Waals surface area contributed by atoms with Crippen LogP contribution in [0.4, 0.5) is 16.0 Å². The van der Waals surface area contributed by atoms with Gasteiger partial charge in [0.05, 0.1) is 18.1 Å². The number of hydrogen-bond donors (Lipinski definition) is 2.